The van der Waals surface area contributed by atoms with Crippen molar-refractivity contribution in [2.24, 2.45) is 17.6 Å². The molecule has 0 spiro atoms. The molecule has 0 aliphatic heterocycles. The predicted molar refractivity (Wildman–Crippen MR) is 66.1 cm³/mol. The van der Waals surface area contributed by atoms with Gasteiger partial charge in [-0.1, -0.05) is 19.8 Å². The van der Waals surface area contributed by atoms with Crippen molar-refractivity contribution in [2.75, 3.05) is 6.54 Å². The monoisotopic (exact) mass is 221 g/mol. The smallest absolute Gasteiger partial charge is 0.0562 e. The van der Waals surface area contributed by atoms with Crippen LogP contribution >= 0.6 is 0 Å². The van der Waals surface area contributed by atoms with E-state index in [0.717, 1.165) is 12.5 Å². The molecule has 90 valence electrons. The van der Waals surface area contributed by atoms with Gasteiger partial charge in [-0.3, -0.25) is 4.68 Å². The Hall–Kier alpha value is -0.830. The van der Waals surface area contributed by atoms with Crippen molar-refractivity contribution in [3.8, 4) is 0 Å². The summed E-state index contributed by atoms with van der Waals surface area (Å²) in [4.78, 5) is 0. The number of nitrogens with zero attached hydrogens (tertiary/aromatic N) is 2. The largest absolute Gasteiger partial charge is 0.330 e. The van der Waals surface area contributed by atoms with E-state index in [1.54, 1.807) is 0 Å². The molecule has 0 amide bonds. The summed E-state index contributed by atoms with van der Waals surface area (Å²) in [6.07, 6.45) is 10.5. The Kier molecular flexibility index (Phi) is 3.99. The molecule has 0 bridgehead atoms. The third-order valence-corrected chi connectivity index (χ3v) is 3.93. The van der Waals surface area contributed by atoms with Crippen molar-refractivity contribution < 1.29 is 0 Å². The van der Waals surface area contributed by atoms with Crippen LogP contribution in [-0.4, -0.2) is 16.3 Å². The summed E-state index contributed by atoms with van der Waals surface area (Å²) in [6.45, 7) is 3.07. The Morgan fingerprint density at radius 2 is 2.31 bits per heavy atom. The van der Waals surface area contributed by atoms with E-state index in [1.165, 1.54) is 32.1 Å². The van der Waals surface area contributed by atoms with Crippen LogP contribution in [0.2, 0.25) is 0 Å². The Labute approximate surface area is 98.0 Å². The maximum atomic E-state index is 5.88. The molecule has 1 aromatic rings. The summed E-state index contributed by atoms with van der Waals surface area (Å²) in [5.74, 6) is 1.50. The molecule has 3 nitrogen and oxygen atoms in total. The van der Waals surface area contributed by atoms with Gasteiger partial charge in [-0.2, -0.15) is 5.10 Å². The first-order valence-electron chi connectivity index (χ1n) is 6.54. The van der Waals surface area contributed by atoms with Crippen LogP contribution in [0.1, 0.15) is 45.1 Å². The molecular weight excluding hydrogens is 198 g/mol. The van der Waals surface area contributed by atoms with E-state index < -0.39 is 0 Å². The molecule has 2 rings (SSSR count). The fourth-order valence-electron chi connectivity index (χ4n) is 3.04. The van der Waals surface area contributed by atoms with Gasteiger partial charge in [-0.05, 0) is 43.7 Å². The van der Waals surface area contributed by atoms with E-state index >= 15 is 0 Å². The molecule has 1 fully saturated rings. The highest BCUT2D eigenvalue weighted by atomic mass is 15.3. The molecular formula is C13H23N3. The fraction of sp³-hybridized carbons (Fsp3) is 0.769. The van der Waals surface area contributed by atoms with Gasteiger partial charge in [0.1, 0.15) is 0 Å². The van der Waals surface area contributed by atoms with E-state index in [9.17, 15) is 0 Å². The molecule has 3 unspecified atom stereocenters. The second-order valence-corrected chi connectivity index (χ2v) is 5.02. The topological polar surface area (TPSA) is 43.8 Å². The lowest BCUT2D eigenvalue weighted by Crippen LogP contribution is -2.32. The maximum Gasteiger partial charge on any atom is 0.0562 e. The number of aromatic nitrogens is 2. The molecule has 0 saturated heterocycles. The van der Waals surface area contributed by atoms with Crippen LogP contribution in [-0.2, 0) is 0 Å². The summed E-state index contributed by atoms with van der Waals surface area (Å²) in [5.41, 5.74) is 5.88. The second-order valence-electron chi connectivity index (χ2n) is 5.02. The normalized spacial score (nSPS) is 30.5. The average Bonchev–Trinajstić information content (AvgIpc) is 2.83. The second kappa shape index (κ2) is 5.48. The third kappa shape index (κ3) is 2.46. The van der Waals surface area contributed by atoms with Crippen LogP contribution in [0.5, 0.6) is 0 Å². The summed E-state index contributed by atoms with van der Waals surface area (Å²) >= 11 is 0. The third-order valence-electron chi connectivity index (χ3n) is 3.93. The van der Waals surface area contributed by atoms with Gasteiger partial charge >= 0.3 is 0 Å². The average molecular weight is 221 g/mol. The van der Waals surface area contributed by atoms with Crippen molar-refractivity contribution >= 4 is 0 Å². The molecule has 3 heteroatoms. The fourth-order valence-corrected chi connectivity index (χ4v) is 3.04. The van der Waals surface area contributed by atoms with Gasteiger partial charge in [-0.15, -0.1) is 0 Å². The van der Waals surface area contributed by atoms with Gasteiger partial charge < -0.3 is 5.73 Å². The lowest BCUT2D eigenvalue weighted by atomic mass is 9.76. The van der Waals surface area contributed by atoms with Crippen molar-refractivity contribution in [2.45, 2.75) is 45.1 Å². The summed E-state index contributed by atoms with van der Waals surface area (Å²) in [7, 11) is 0. The molecule has 16 heavy (non-hydrogen) atoms. The van der Waals surface area contributed by atoms with Gasteiger partial charge in [0.25, 0.3) is 0 Å². The van der Waals surface area contributed by atoms with E-state index in [0.29, 0.717) is 12.0 Å². The van der Waals surface area contributed by atoms with Crippen LogP contribution in [0.25, 0.3) is 0 Å². The Bertz CT molecular complexity index is 294. The molecule has 1 aliphatic rings. The lowest BCUT2D eigenvalue weighted by molar-refractivity contribution is 0.169. The zero-order chi connectivity index (χ0) is 11.4. The summed E-state index contributed by atoms with van der Waals surface area (Å²) < 4.78 is 2.12. The minimum Gasteiger partial charge on any atom is -0.330 e. The van der Waals surface area contributed by atoms with Gasteiger partial charge in [0.2, 0.25) is 0 Å². The van der Waals surface area contributed by atoms with Crippen molar-refractivity contribution in [1.29, 1.82) is 0 Å². The molecule has 1 saturated carbocycles. The Morgan fingerprint density at radius 3 is 2.94 bits per heavy atom. The Balaban J connectivity index is 2.05. The van der Waals surface area contributed by atoms with Gasteiger partial charge in [-0.25, -0.2) is 0 Å². The minimum atomic E-state index is 0.533. The molecule has 1 heterocycles. The van der Waals surface area contributed by atoms with Crippen LogP contribution in [0, 0.1) is 11.8 Å². The number of hydrogen-bond donors (Lipinski definition) is 1. The summed E-state index contributed by atoms with van der Waals surface area (Å²) in [5, 5.41) is 4.39. The highest BCUT2D eigenvalue weighted by molar-refractivity contribution is 4.88. The molecule has 0 aromatic carbocycles. The van der Waals surface area contributed by atoms with E-state index in [4.69, 9.17) is 5.73 Å². The first-order chi connectivity index (χ1) is 7.85. The highest BCUT2D eigenvalue weighted by Gasteiger charge is 2.30. The van der Waals surface area contributed by atoms with E-state index in [-0.39, 0.29) is 0 Å². The summed E-state index contributed by atoms with van der Waals surface area (Å²) in [6, 6.07) is 2.54. The molecule has 0 radical (unpaired) electrons. The van der Waals surface area contributed by atoms with Crippen LogP contribution < -0.4 is 5.73 Å². The van der Waals surface area contributed by atoms with Crippen molar-refractivity contribution in [3.05, 3.63) is 18.5 Å². The van der Waals surface area contributed by atoms with Crippen molar-refractivity contribution in [3.63, 3.8) is 0 Å². The zero-order valence-electron chi connectivity index (χ0n) is 10.2. The highest BCUT2D eigenvalue weighted by Crippen LogP contribution is 2.38. The SMILES string of the molecule is CCCC1CCC(CN)C(n2cccn2)C1. The van der Waals surface area contributed by atoms with Gasteiger partial charge in [0, 0.05) is 12.4 Å². The maximum absolute atomic E-state index is 5.88. The van der Waals surface area contributed by atoms with Gasteiger partial charge in [0.15, 0.2) is 0 Å². The molecule has 1 aromatic heterocycles. The molecule has 1 aliphatic carbocycles. The minimum absolute atomic E-state index is 0.533. The zero-order valence-corrected chi connectivity index (χ0v) is 10.2. The number of rotatable bonds is 4. The van der Waals surface area contributed by atoms with Crippen molar-refractivity contribution in [1.82, 2.24) is 9.78 Å². The van der Waals surface area contributed by atoms with Gasteiger partial charge in [0.05, 0.1) is 6.04 Å². The Morgan fingerprint density at radius 1 is 1.44 bits per heavy atom. The van der Waals surface area contributed by atoms with Crippen LogP contribution in [0.4, 0.5) is 0 Å². The predicted octanol–water partition coefficient (Wildman–Crippen LogP) is 2.60. The van der Waals surface area contributed by atoms with E-state index in [2.05, 4.69) is 22.9 Å². The van der Waals surface area contributed by atoms with E-state index in [1.807, 2.05) is 12.3 Å². The number of hydrogen-bond acceptors (Lipinski definition) is 2. The standard InChI is InChI=1S/C13H23N3/c1-2-4-11-5-6-12(10-14)13(9-11)16-8-3-7-15-16/h3,7-8,11-13H,2,4-6,9-10,14H2,1H3. The quantitative estimate of drug-likeness (QED) is 0.849. The first kappa shape index (κ1) is 11.6. The van der Waals surface area contributed by atoms with Crippen LogP contribution in [0.15, 0.2) is 18.5 Å². The molecule has 2 N–H and O–H groups in total. The molecule has 3 atom stereocenters. The van der Waals surface area contributed by atoms with Crippen LogP contribution in [0.3, 0.4) is 0 Å². The number of nitrogens with two attached hydrogens (primary N) is 1. The lowest BCUT2D eigenvalue weighted by Gasteiger charge is -2.35. The first-order valence-corrected chi connectivity index (χ1v) is 6.54.